The Balaban J connectivity index is 2.83. The highest BCUT2D eigenvalue weighted by Crippen LogP contribution is 2.24. The highest BCUT2D eigenvalue weighted by Gasteiger charge is 2.27. The van der Waals surface area contributed by atoms with E-state index in [9.17, 15) is 8.42 Å². The van der Waals surface area contributed by atoms with E-state index in [0.717, 1.165) is 12.8 Å². The Morgan fingerprint density at radius 1 is 1.44 bits per heavy atom. The molecule has 3 N–H and O–H groups in total. The molecule has 0 amide bonds. The number of nitrogens with zero attached hydrogens (tertiary/aromatic N) is 2. The fourth-order valence-electron chi connectivity index (χ4n) is 1.81. The molecule has 0 saturated heterocycles. The first-order valence-corrected chi connectivity index (χ1v) is 7.57. The van der Waals surface area contributed by atoms with Crippen LogP contribution in [0, 0.1) is 5.41 Å². The van der Waals surface area contributed by atoms with Crippen LogP contribution in [0.4, 0.5) is 0 Å². The zero-order chi connectivity index (χ0) is 13.8. The molecule has 0 aliphatic carbocycles. The summed E-state index contributed by atoms with van der Waals surface area (Å²) in [5.74, 6) is 0. The van der Waals surface area contributed by atoms with Crippen molar-refractivity contribution in [3.8, 4) is 0 Å². The molecule has 0 spiro atoms. The second-order valence-corrected chi connectivity index (χ2v) is 6.24. The van der Waals surface area contributed by atoms with E-state index in [1.54, 1.807) is 7.05 Å². The van der Waals surface area contributed by atoms with Crippen molar-refractivity contribution in [2.24, 2.45) is 18.2 Å². The maximum absolute atomic E-state index is 12.1. The summed E-state index contributed by atoms with van der Waals surface area (Å²) in [4.78, 5) is 0. The molecule has 0 atom stereocenters. The summed E-state index contributed by atoms with van der Waals surface area (Å²) in [6, 6.07) is 1.48. The predicted octanol–water partition coefficient (Wildman–Crippen LogP) is 0.464. The van der Waals surface area contributed by atoms with Gasteiger partial charge in [-0.1, -0.05) is 13.8 Å². The standard InChI is InChI=1S/C11H22N4O2S/c1-4-11(5-2,8-12)9-14-18(16,17)10-6-7-13-15(10)3/h6-7,14H,4-5,8-9,12H2,1-3H3. The van der Waals surface area contributed by atoms with Crippen molar-refractivity contribution in [2.45, 2.75) is 31.7 Å². The predicted molar refractivity (Wildman–Crippen MR) is 70.5 cm³/mol. The average molecular weight is 274 g/mol. The van der Waals surface area contributed by atoms with Crippen LogP contribution < -0.4 is 10.5 Å². The molecule has 6 nitrogen and oxygen atoms in total. The summed E-state index contributed by atoms with van der Waals surface area (Å²) in [5, 5.41) is 4.03. The number of hydrogen-bond donors (Lipinski definition) is 2. The Hall–Kier alpha value is -0.920. The molecular formula is C11H22N4O2S. The van der Waals surface area contributed by atoms with Crippen LogP contribution in [0.25, 0.3) is 0 Å². The molecule has 0 saturated carbocycles. The third-order valence-corrected chi connectivity index (χ3v) is 5.10. The van der Waals surface area contributed by atoms with Crippen molar-refractivity contribution in [1.82, 2.24) is 14.5 Å². The maximum atomic E-state index is 12.1. The monoisotopic (exact) mass is 274 g/mol. The topological polar surface area (TPSA) is 90.0 Å². The number of aromatic nitrogens is 2. The Labute approximate surface area is 109 Å². The molecule has 1 rings (SSSR count). The third kappa shape index (κ3) is 3.09. The minimum atomic E-state index is -3.52. The molecule has 0 aliphatic heterocycles. The third-order valence-electron chi connectivity index (χ3n) is 3.62. The van der Waals surface area contributed by atoms with Crippen molar-refractivity contribution in [1.29, 1.82) is 0 Å². The lowest BCUT2D eigenvalue weighted by molar-refractivity contribution is 0.275. The van der Waals surface area contributed by atoms with Crippen molar-refractivity contribution in [2.75, 3.05) is 13.1 Å². The zero-order valence-corrected chi connectivity index (χ0v) is 12.0. The first-order valence-electron chi connectivity index (χ1n) is 6.08. The molecule has 1 heterocycles. The van der Waals surface area contributed by atoms with E-state index >= 15 is 0 Å². The van der Waals surface area contributed by atoms with E-state index in [2.05, 4.69) is 9.82 Å². The van der Waals surface area contributed by atoms with Gasteiger partial charge in [0.1, 0.15) is 0 Å². The number of sulfonamides is 1. The molecule has 18 heavy (non-hydrogen) atoms. The Kier molecular flexibility index (Phi) is 4.89. The van der Waals surface area contributed by atoms with Crippen LogP contribution in [0.2, 0.25) is 0 Å². The first-order chi connectivity index (χ1) is 8.40. The normalized spacial score (nSPS) is 12.9. The smallest absolute Gasteiger partial charge is 0.257 e. The van der Waals surface area contributed by atoms with Crippen LogP contribution in [0.15, 0.2) is 17.3 Å². The summed E-state index contributed by atoms with van der Waals surface area (Å²) in [7, 11) is -1.91. The van der Waals surface area contributed by atoms with Crippen LogP contribution in [0.3, 0.4) is 0 Å². The second kappa shape index (κ2) is 5.81. The number of nitrogens with one attached hydrogen (secondary N) is 1. The van der Waals surface area contributed by atoms with Crippen molar-refractivity contribution in [3.63, 3.8) is 0 Å². The Morgan fingerprint density at radius 3 is 2.44 bits per heavy atom. The van der Waals surface area contributed by atoms with Gasteiger partial charge < -0.3 is 5.73 Å². The maximum Gasteiger partial charge on any atom is 0.257 e. The molecule has 0 aliphatic rings. The lowest BCUT2D eigenvalue weighted by Gasteiger charge is -2.30. The van der Waals surface area contributed by atoms with E-state index in [0.29, 0.717) is 13.1 Å². The van der Waals surface area contributed by atoms with Gasteiger partial charge >= 0.3 is 0 Å². The minimum Gasteiger partial charge on any atom is -0.330 e. The van der Waals surface area contributed by atoms with Gasteiger partial charge in [-0.15, -0.1) is 0 Å². The van der Waals surface area contributed by atoms with Crippen LogP contribution in [0.5, 0.6) is 0 Å². The molecule has 0 unspecified atom stereocenters. The lowest BCUT2D eigenvalue weighted by Crippen LogP contribution is -2.42. The molecule has 1 aromatic rings. The van der Waals surface area contributed by atoms with E-state index in [4.69, 9.17) is 5.73 Å². The van der Waals surface area contributed by atoms with Crippen LogP contribution in [0.1, 0.15) is 26.7 Å². The van der Waals surface area contributed by atoms with Crippen molar-refractivity contribution < 1.29 is 8.42 Å². The lowest BCUT2D eigenvalue weighted by atomic mass is 9.83. The van der Waals surface area contributed by atoms with Gasteiger partial charge in [-0.2, -0.15) is 5.10 Å². The zero-order valence-electron chi connectivity index (χ0n) is 11.2. The highest BCUT2D eigenvalue weighted by molar-refractivity contribution is 7.89. The van der Waals surface area contributed by atoms with Gasteiger partial charge in [-0.05, 0) is 30.9 Å². The molecule has 1 aromatic heterocycles. The first kappa shape index (κ1) is 15.1. The summed E-state index contributed by atoms with van der Waals surface area (Å²) in [6.07, 6.45) is 3.15. The minimum absolute atomic E-state index is 0.167. The molecule has 0 bridgehead atoms. The van der Waals surface area contributed by atoms with Gasteiger partial charge in [0.2, 0.25) is 0 Å². The quantitative estimate of drug-likeness (QED) is 0.756. The van der Waals surface area contributed by atoms with Crippen LogP contribution in [-0.4, -0.2) is 31.3 Å². The summed E-state index contributed by atoms with van der Waals surface area (Å²) in [6.45, 7) is 4.86. The van der Waals surface area contributed by atoms with Crippen LogP contribution in [-0.2, 0) is 17.1 Å². The highest BCUT2D eigenvalue weighted by atomic mass is 32.2. The summed E-state index contributed by atoms with van der Waals surface area (Å²) < 4.78 is 28.2. The van der Waals surface area contributed by atoms with Crippen molar-refractivity contribution in [3.05, 3.63) is 12.3 Å². The number of rotatable bonds is 7. The molecule has 0 fully saturated rings. The van der Waals surface area contributed by atoms with Gasteiger partial charge in [-0.25, -0.2) is 13.1 Å². The second-order valence-electron chi connectivity index (χ2n) is 4.53. The van der Waals surface area contributed by atoms with E-state index in [1.165, 1.54) is 16.9 Å². The molecule has 7 heteroatoms. The number of aryl methyl sites for hydroxylation is 1. The van der Waals surface area contributed by atoms with E-state index < -0.39 is 10.0 Å². The van der Waals surface area contributed by atoms with Gasteiger partial charge in [0.05, 0.1) is 6.20 Å². The molecule has 104 valence electrons. The van der Waals surface area contributed by atoms with E-state index in [-0.39, 0.29) is 10.4 Å². The Morgan fingerprint density at radius 2 is 2.06 bits per heavy atom. The fourth-order valence-corrected chi connectivity index (χ4v) is 3.09. The number of nitrogens with two attached hydrogens (primary N) is 1. The molecule has 0 aromatic carbocycles. The number of hydrogen-bond acceptors (Lipinski definition) is 4. The summed E-state index contributed by atoms with van der Waals surface area (Å²) >= 11 is 0. The largest absolute Gasteiger partial charge is 0.330 e. The van der Waals surface area contributed by atoms with E-state index in [1.807, 2.05) is 13.8 Å². The molecule has 0 radical (unpaired) electrons. The average Bonchev–Trinajstić information content (AvgIpc) is 2.79. The van der Waals surface area contributed by atoms with Gasteiger partial charge in [0.25, 0.3) is 10.0 Å². The molecular weight excluding hydrogens is 252 g/mol. The van der Waals surface area contributed by atoms with Gasteiger partial charge in [-0.3, -0.25) is 4.68 Å². The Bertz CT molecular complexity index is 469. The van der Waals surface area contributed by atoms with Crippen molar-refractivity contribution >= 4 is 10.0 Å². The van der Waals surface area contributed by atoms with Crippen LogP contribution >= 0.6 is 0 Å². The fraction of sp³-hybridized carbons (Fsp3) is 0.727. The summed E-state index contributed by atoms with van der Waals surface area (Å²) in [5.41, 5.74) is 5.58. The van der Waals surface area contributed by atoms with Gasteiger partial charge in [0.15, 0.2) is 5.03 Å². The SMILES string of the molecule is CCC(CC)(CN)CNS(=O)(=O)c1ccnn1C. The van der Waals surface area contributed by atoms with Gasteiger partial charge in [0, 0.05) is 13.6 Å².